The first kappa shape index (κ1) is 25.7. The Morgan fingerprint density at radius 2 is 1.70 bits per heavy atom. The highest BCUT2D eigenvalue weighted by Gasteiger charge is 2.32. The van der Waals surface area contributed by atoms with Gasteiger partial charge in [-0.1, -0.05) is 88.4 Å². The molecule has 1 aliphatic heterocycles. The lowest BCUT2D eigenvalue weighted by Gasteiger charge is -2.38. The monoisotopic (exact) mass is 453 g/mol. The van der Waals surface area contributed by atoms with Crippen LogP contribution in [-0.4, -0.2) is 25.6 Å². The predicted molar refractivity (Wildman–Crippen MR) is 138 cm³/mol. The summed E-state index contributed by atoms with van der Waals surface area (Å²) in [5, 5.41) is 2.44. The Labute approximate surface area is 200 Å². The van der Waals surface area contributed by atoms with Gasteiger partial charge in [-0.05, 0) is 48.6 Å². The molecule has 1 heterocycles. The van der Waals surface area contributed by atoms with E-state index in [1.54, 1.807) is 0 Å². The van der Waals surface area contributed by atoms with Gasteiger partial charge >= 0.3 is 0 Å². The van der Waals surface area contributed by atoms with Crippen molar-refractivity contribution in [3.8, 4) is 0 Å². The quantitative estimate of drug-likeness (QED) is 0.222. The van der Waals surface area contributed by atoms with Gasteiger partial charge in [0.1, 0.15) is 0 Å². The number of unbranched alkanes of at least 4 members (excludes halogenated alkanes) is 6. The van der Waals surface area contributed by atoms with Crippen LogP contribution in [0.1, 0.15) is 83.6 Å². The molecule has 1 saturated heterocycles. The number of benzene rings is 2. The van der Waals surface area contributed by atoms with Crippen molar-refractivity contribution in [2.45, 2.75) is 83.8 Å². The summed E-state index contributed by atoms with van der Waals surface area (Å²) in [4.78, 5) is 5.65. The Bertz CT molecular complexity index is 842. The molecule has 0 bridgehead atoms. The van der Waals surface area contributed by atoms with Crippen molar-refractivity contribution in [3.05, 3.63) is 54.6 Å². The zero-order chi connectivity index (χ0) is 23.4. The molecule has 4 nitrogen and oxygen atoms in total. The minimum atomic E-state index is -0.378. The fraction of sp³-hybridized carbons (Fsp3) is 0.586. The molecule has 182 valence electrons. The minimum Gasteiger partial charge on any atom is -0.350 e. The van der Waals surface area contributed by atoms with E-state index in [-0.39, 0.29) is 5.79 Å². The fourth-order valence-electron chi connectivity index (χ4n) is 4.40. The minimum absolute atomic E-state index is 0.378. The third kappa shape index (κ3) is 8.77. The van der Waals surface area contributed by atoms with Crippen molar-refractivity contribution in [3.63, 3.8) is 0 Å². The molecule has 0 saturated carbocycles. The second-order valence-corrected chi connectivity index (χ2v) is 9.63. The van der Waals surface area contributed by atoms with Gasteiger partial charge in [0.2, 0.25) is 0 Å². The molecule has 1 fully saturated rings. The van der Waals surface area contributed by atoms with Crippen LogP contribution in [0.15, 0.2) is 49.0 Å². The molecule has 0 aromatic heterocycles. The van der Waals surface area contributed by atoms with Gasteiger partial charge in [-0.15, -0.1) is 0 Å². The Morgan fingerprint density at radius 1 is 0.970 bits per heavy atom. The summed E-state index contributed by atoms with van der Waals surface area (Å²) < 4.78 is 12.2. The molecular formula is C29H43NO3. The third-order valence-corrected chi connectivity index (χ3v) is 6.64. The van der Waals surface area contributed by atoms with Crippen molar-refractivity contribution in [2.24, 2.45) is 5.92 Å². The molecule has 2 aromatic carbocycles. The Hall–Kier alpha value is -1.88. The second kappa shape index (κ2) is 13.7. The van der Waals surface area contributed by atoms with E-state index in [4.69, 9.17) is 14.3 Å². The molecule has 2 aromatic rings. The summed E-state index contributed by atoms with van der Waals surface area (Å²) in [6.07, 6.45) is 12.0. The van der Waals surface area contributed by atoms with Crippen LogP contribution in [0.25, 0.3) is 16.5 Å². The van der Waals surface area contributed by atoms with E-state index in [1.165, 1.54) is 49.3 Å². The summed E-state index contributed by atoms with van der Waals surface area (Å²) in [5.74, 6) is 0.111. The highest BCUT2D eigenvalue weighted by molar-refractivity contribution is 5.85. The van der Waals surface area contributed by atoms with Gasteiger partial charge in [-0.25, -0.2) is 0 Å². The number of ether oxygens (including phenoxy) is 2. The lowest BCUT2D eigenvalue weighted by molar-refractivity contribution is -0.276. The van der Waals surface area contributed by atoms with E-state index in [0.717, 1.165) is 50.2 Å². The average Bonchev–Trinajstić information content (AvgIpc) is 2.84. The second-order valence-electron chi connectivity index (χ2n) is 9.63. The number of nitrogens with one attached hydrogen (secondary N) is 1. The average molecular weight is 454 g/mol. The molecule has 33 heavy (non-hydrogen) atoms. The van der Waals surface area contributed by atoms with Gasteiger partial charge in [-0.2, -0.15) is 0 Å². The molecule has 3 rings (SSSR count). The number of hydrogen-bond acceptors (Lipinski definition) is 4. The fourth-order valence-corrected chi connectivity index (χ4v) is 4.40. The van der Waals surface area contributed by atoms with Crippen LogP contribution < -0.4 is 5.48 Å². The molecule has 0 spiro atoms. The van der Waals surface area contributed by atoms with Gasteiger partial charge in [0, 0.05) is 12.3 Å². The molecule has 0 amide bonds. The van der Waals surface area contributed by atoms with E-state index < -0.39 is 0 Å². The first-order valence-electron chi connectivity index (χ1n) is 12.9. The van der Waals surface area contributed by atoms with Crippen LogP contribution >= 0.6 is 0 Å². The van der Waals surface area contributed by atoms with Crippen LogP contribution in [0.4, 0.5) is 0 Å². The van der Waals surface area contributed by atoms with E-state index in [9.17, 15) is 0 Å². The maximum atomic E-state index is 6.12. The maximum Gasteiger partial charge on any atom is 0.165 e. The molecule has 1 aliphatic rings. The van der Waals surface area contributed by atoms with Crippen molar-refractivity contribution in [1.29, 1.82) is 0 Å². The smallest absolute Gasteiger partial charge is 0.165 e. The molecule has 0 radical (unpaired) electrons. The van der Waals surface area contributed by atoms with Gasteiger partial charge in [0.25, 0.3) is 0 Å². The van der Waals surface area contributed by atoms with Crippen LogP contribution in [0.2, 0.25) is 0 Å². The molecule has 0 aliphatic carbocycles. The van der Waals surface area contributed by atoms with Gasteiger partial charge in [0.05, 0.1) is 25.5 Å². The number of fused-ring (bicyclic) bond motifs is 1. The third-order valence-electron chi connectivity index (χ3n) is 6.64. The summed E-state index contributed by atoms with van der Waals surface area (Å²) in [7, 11) is 0. The van der Waals surface area contributed by atoms with Crippen LogP contribution in [0, 0.1) is 5.92 Å². The highest BCUT2D eigenvalue weighted by Crippen LogP contribution is 2.29. The Morgan fingerprint density at radius 3 is 2.48 bits per heavy atom. The predicted octanol–water partition coefficient (Wildman–Crippen LogP) is 7.63. The lowest BCUT2D eigenvalue weighted by atomic mass is 10.0. The SMILES string of the molecule is C=C(NOCCCCC1COC(C)(CCCCCCCC)OC1)c1ccc2ccccc2c1. The van der Waals surface area contributed by atoms with E-state index in [1.807, 2.05) is 0 Å². The topological polar surface area (TPSA) is 39.7 Å². The standard InChI is InChI=1S/C29H43NO3/c1-4-5-6-7-8-12-19-29(3)31-22-25(23-32-29)14-11-13-20-33-30-24(2)27-18-17-26-15-9-10-16-28(26)21-27/h9-10,15-18,21,25,30H,2,4-8,11-14,19-20,22-23H2,1,3H3. The van der Waals surface area contributed by atoms with Crippen LogP contribution in [0.5, 0.6) is 0 Å². The Balaban J connectivity index is 1.23. The normalized spacial score (nSPS) is 20.7. The van der Waals surface area contributed by atoms with Crippen molar-refractivity contribution in [1.82, 2.24) is 5.48 Å². The zero-order valence-corrected chi connectivity index (χ0v) is 20.7. The maximum absolute atomic E-state index is 6.12. The summed E-state index contributed by atoms with van der Waals surface area (Å²) >= 11 is 0. The molecule has 1 N–H and O–H groups in total. The summed E-state index contributed by atoms with van der Waals surface area (Å²) in [5.41, 5.74) is 4.85. The van der Waals surface area contributed by atoms with E-state index >= 15 is 0 Å². The summed E-state index contributed by atoms with van der Waals surface area (Å²) in [6, 6.07) is 14.7. The highest BCUT2D eigenvalue weighted by atomic mass is 16.7. The number of hydrogen-bond donors (Lipinski definition) is 1. The van der Waals surface area contributed by atoms with Gasteiger partial charge in [0.15, 0.2) is 5.79 Å². The van der Waals surface area contributed by atoms with E-state index in [2.05, 4.69) is 68.4 Å². The van der Waals surface area contributed by atoms with Gasteiger partial charge in [-0.3, -0.25) is 10.3 Å². The number of rotatable bonds is 15. The first-order valence-corrected chi connectivity index (χ1v) is 12.9. The number of hydroxylamine groups is 1. The lowest BCUT2D eigenvalue weighted by Crippen LogP contribution is -2.41. The summed E-state index contributed by atoms with van der Waals surface area (Å²) in [6.45, 7) is 10.8. The molecule has 0 unspecified atom stereocenters. The van der Waals surface area contributed by atoms with Crippen LogP contribution in [-0.2, 0) is 14.3 Å². The zero-order valence-electron chi connectivity index (χ0n) is 20.7. The first-order chi connectivity index (χ1) is 16.1. The van der Waals surface area contributed by atoms with Crippen LogP contribution in [0.3, 0.4) is 0 Å². The largest absolute Gasteiger partial charge is 0.350 e. The molecule has 4 heteroatoms. The Kier molecular flexibility index (Phi) is 10.7. The van der Waals surface area contributed by atoms with Crippen molar-refractivity contribution < 1.29 is 14.3 Å². The molecule has 0 atom stereocenters. The van der Waals surface area contributed by atoms with Gasteiger partial charge < -0.3 is 9.47 Å². The molecular weight excluding hydrogens is 410 g/mol. The van der Waals surface area contributed by atoms with Crippen molar-refractivity contribution >= 4 is 16.5 Å². The van der Waals surface area contributed by atoms with Crippen molar-refractivity contribution in [2.75, 3.05) is 19.8 Å². The van der Waals surface area contributed by atoms with E-state index in [0.29, 0.717) is 12.5 Å².